The van der Waals surface area contributed by atoms with E-state index in [4.69, 9.17) is 0 Å². The van der Waals surface area contributed by atoms with Gasteiger partial charge in [-0.05, 0) is 24.3 Å². The molecular weight excluding hydrogens is 300 g/mol. The molecule has 2 aromatic rings. The zero-order chi connectivity index (χ0) is 15.6. The molecule has 0 aromatic heterocycles. The molecule has 0 heterocycles. The second kappa shape index (κ2) is 5.61. The Kier molecular flexibility index (Phi) is 4.04. The number of amides is 1. The molecule has 0 spiro atoms. The van der Waals surface area contributed by atoms with Crippen LogP contribution < -0.4 is 5.32 Å². The van der Waals surface area contributed by atoms with E-state index in [-0.39, 0.29) is 16.1 Å². The highest BCUT2D eigenvalue weighted by atomic mass is 32.2. The van der Waals surface area contributed by atoms with Crippen LogP contribution in [0.5, 0.6) is 0 Å². The van der Waals surface area contributed by atoms with E-state index < -0.39 is 27.4 Å². The van der Waals surface area contributed by atoms with Crippen LogP contribution in [0.4, 0.5) is 14.5 Å². The molecule has 110 valence electrons. The molecule has 0 saturated carbocycles. The van der Waals surface area contributed by atoms with Crippen molar-refractivity contribution in [1.82, 2.24) is 0 Å². The van der Waals surface area contributed by atoms with Gasteiger partial charge in [-0.15, -0.1) is 0 Å². The van der Waals surface area contributed by atoms with Gasteiger partial charge in [0.25, 0.3) is 5.91 Å². The van der Waals surface area contributed by atoms with E-state index in [0.29, 0.717) is 0 Å². The maximum Gasteiger partial charge on any atom is 0.256 e. The van der Waals surface area contributed by atoms with Crippen LogP contribution in [-0.4, -0.2) is 20.6 Å². The number of rotatable bonds is 3. The van der Waals surface area contributed by atoms with Gasteiger partial charge in [0.05, 0.1) is 10.5 Å². The molecule has 0 aliphatic carbocycles. The summed E-state index contributed by atoms with van der Waals surface area (Å²) < 4.78 is 49.1. The van der Waals surface area contributed by atoms with Crippen molar-refractivity contribution in [3.8, 4) is 0 Å². The first-order valence-electron chi connectivity index (χ1n) is 5.84. The van der Waals surface area contributed by atoms with Crippen molar-refractivity contribution in [2.45, 2.75) is 4.90 Å². The number of benzene rings is 2. The average molecular weight is 311 g/mol. The fraction of sp³-hybridized carbons (Fsp3) is 0.0714. The lowest BCUT2D eigenvalue weighted by atomic mass is 10.2. The molecule has 2 rings (SSSR count). The Labute approximate surface area is 120 Å². The third-order valence-electron chi connectivity index (χ3n) is 2.71. The number of anilines is 1. The van der Waals surface area contributed by atoms with E-state index >= 15 is 0 Å². The van der Waals surface area contributed by atoms with E-state index in [0.717, 1.165) is 18.4 Å². The van der Waals surface area contributed by atoms with Gasteiger partial charge >= 0.3 is 0 Å². The third kappa shape index (κ3) is 3.43. The highest BCUT2D eigenvalue weighted by Crippen LogP contribution is 2.18. The molecule has 0 saturated heterocycles. The first kappa shape index (κ1) is 15.1. The van der Waals surface area contributed by atoms with Crippen molar-refractivity contribution in [3.63, 3.8) is 0 Å². The van der Waals surface area contributed by atoms with Gasteiger partial charge < -0.3 is 5.32 Å². The molecule has 1 N–H and O–H groups in total. The predicted octanol–water partition coefficient (Wildman–Crippen LogP) is 2.62. The lowest BCUT2D eigenvalue weighted by molar-refractivity contribution is 0.102. The molecule has 4 nitrogen and oxygen atoms in total. The Hall–Kier alpha value is -2.28. The Morgan fingerprint density at radius 2 is 1.71 bits per heavy atom. The largest absolute Gasteiger partial charge is 0.322 e. The van der Waals surface area contributed by atoms with Crippen LogP contribution in [0.15, 0.2) is 47.4 Å². The minimum atomic E-state index is -3.58. The quantitative estimate of drug-likeness (QED) is 0.948. The predicted molar refractivity (Wildman–Crippen MR) is 73.9 cm³/mol. The van der Waals surface area contributed by atoms with Crippen molar-refractivity contribution in [3.05, 3.63) is 59.7 Å². The fourth-order valence-electron chi connectivity index (χ4n) is 1.75. The first-order chi connectivity index (χ1) is 9.79. The molecule has 0 aliphatic heterocycles. The molecular formula is C14H11F2NO3S. The minimum Gasteiger partial charge on any atom is -0.322 e. The third-order valence-corrected chi connectivity index (χ3v) is 3.86. The molecule has 7 heteroatoms. The van der Waals surface area contributed by atoms with Gasteiger partial charge in [0.15, 0.2) is 21.5 Å². The Morgan fingerprint density at radius 1 is 1.05 bits per heavy atom. The standard InChI is InChI=1S/C14H11F2NO3S/c1-21(19,20)13-5-3-2-4-10(13)14(18)17-9-6-7-11(15)12(16)8-9/h2-8H,1H3,(H,17,18). The van der Waals surface area contributed by atoms with Crippen molar-refractivity contribution < 1.29 is 22.0 Å². The van der Waals surface area contributed by atoms with Crippen LogP contribution in [0.1, 0.15) is 10.4 Å². The second-order valence-electron chi connectivity index (χ2n) is 4.35. The van der Waals surface area contributed by atoms with E-state index in [9.17, 15) is 22.0 Å². The van der Waals surface area contributed by atoms with E-state index in [2.05, 4.69) is 5.32 Å². The number of carbonyl (C=O) groups is 1. The van der Waals surface area contributed by atoms with E-state index in [1.54, 1.807) is 0 Å². The average Bonchev–Trinajstić information content (AvgIpc) is 2.42. The summed E-state index contributed by atoms with van der Waals surface area (Å²) in [5.74, 6) is -2.87. The monoisotopic (exact) mass is 311 g/mol. The summed E-state index contributed by atoms with van der Waals surface area (Å²) in [4.78, 5) is 12.0. The Morgan fingerprint density at radius 3 is 2.33 bits per heavy atom. The smallest absolute Gasteiger partial charge is 0.256 e. The van der Waals surface area contributed by atoms with Gasteiger partial charge in [-0.3, -0.25) is 4.79 Å². The van der Waals surface area contributed by atoms with Crippen LogP contribution in [0, 0.1) is 11.6 Å². The molecule has 0 unspecified atom stereocenters. The van der Waals surface area contributed by atoms with Crippen LogP contribution in [-0.2, 0) is 9.84 Å². The Bertz CT molecular complexity index is 804. The van der Waals surface area contributed by atoms with Gasteiger partial charge in [-0.2, -0.15) is 0 Å². The highest BCUT2D eigenvalue weighted by Gasteiger charge is 2.18. The normalized spacial score (nSPS) is 11.2. The van der Waals surface area contributed by atoms with Gasteiger partial charge in [0.2, 0.25) is 0 Å². The van der Waals surface area contributed by atoms with Crippen LogP contribution in [0.3, 0.4) is 0 Å². The number of hydrogen-bond acceptors (Lipinski definition) is 3. The summed E-state index contributed by atoms with van der Waals surface area (Å²) in [5.41, 5.74) is -0.0352. The summed E-state index contributed by atoms with van der Waals surface area (Å²) in [5, 5.41) is 2.33. The number of nitrogens with one attached hydrogen (secondary N) is 1. The zero-order valence-electron chi connectivity index (χ0n) is 10.9. The molecule has 0 atom stereocenters. The minimum absolute atomic E-state index is 0.0298. The van der Waals surface area contributed by atoms with Gasteiger partial charge in [-0.1, -0.05) is 12.1 Å². The number of carbonyl (C=O) groups excluding carboxylic acids is 1. The maximum absolute atomic E-state index is 13.1. The summed E-state index contributed by atoms with van der Waals surface area (Å²) in [6.07, 6.45) is 0.983. The van der Waals surface area contributed by atoms with Gasteiger partial charge in [0.1, 0.15) is 0 Å². The summed E-state index contributed by atoms with van der Waals surface area (Å²) >= 11 is 0. The summed E-state index contributed by atoms with van der Waals surface area (Å²) in [6, 6.07) is 8.50. The lowest BCUT2D eigenvalue weighted by Gasteiger charge is -2.09. The first-order valence-corrected chi connectivity index (χ1v) is 7.73. The molecule has 0 fully saturated rings. The highest BCUT2D eigenvalue weighted by molar-refractivity contribution is 7.90. The van der Waals surface area contributed by atoms with Crippen molar-refractivity contribution in [1.29, 1.82) is 0 Å². The molecule has 1 amide bonds. The topological polar surface area (TPSA) is 63.2 Å². The van der Waals surface area contributed by atoms with Gasteiger partial charge in [-0.25, -0.2) is 17.2 Å². The fourth-order valence-corrected chi connectivity index (χ4v) is 2.64. The molecule has 21 heavy (non-hydrogen) atoms. The maximum atomic E-state index is 13.1. The van der Waals surface area contributed by atoms with Crippen LogP contribution >= 0.6 is 0 Å². The lowest BCUT2D eigenvalue weighted by Crippen LogP contribution is -2.16. The van der Waals surface area contributed by atoms with E-state index in [1.807, 2.05) is 0 Å². The van der Waals surface area contributed by atoms with E-state index in [1.165, 1.54) is 30.3 Å². The zero-order valence-corrected chi connectivity index (χ0v) is 11.7. The Balaban J connectivity index is 2.35. The van der Waals surface area contributed by atoms with Crippen molar-refractivity contribution in [2.24, 2.45) is 0 Å². The van der Waals surface area contributed by atoms with Crippen molar-refractivity contribution >= 4 is 21.4 Å². The van der Waals surface area contributed by atoms with Crippen LogP contribution in [0.25, 0.3) is 0 Å². The molecule has 0 radical (unpaired) electrons. The number of sulfone groups is 1. The van der Waals surface area contributed by atoms with Crippen LogP contribution in [0.2, 0.25) is 0 Å². The number of halogens is 2. The van der Waals surface area contributed by atoms with Gasteiger partial charge in [0, 0.05) is 18.0 Å². The second-order valence-corrected chi connectivity index (χ2v) is 6.34. The molecule has 2 aromatic carbocycles. The summed E-state index contributed by atoms with van der Waals surface area (Å²) in [7, 11) is -3.58. The SMILES string of the molecule is CS(=O)(=O)c1ccccc1C(=O)Nc1ccc(F)c(F)c1. The molecule has 0 aliphatic rings. The molecule has 0 bridgehead atoms. The number of hydrogen-bond donors (Lipinski definition) is 1. The van der Waals surface area contributed by atoms with Crippen molar-refractivity contribution in [2.75, 3.05) is 11.6 Å². The summed E-state index contributed by atoms with van der Waals surface area (Å²) in [6.45, 7) is 0.